The van der Waals surface area contributed by atoms with Gasteiger partial charge in [-0.05, 0) is 24.3 Å². The molecule has 0 saturated carbocycles. The third-order valence-electron chi connectivity index (χ3n) is 2.50. The van der Waals surface area contributed by atoms with Crippen LogP contribution in [0, 0.1) is 11.3 Å². The maximum atomic E-state index is 9.09. The van der Waals surface area contributed by atoms with E-state index in [1.54, 1.807) is 13.4 Å². The quantitative estimate of drug-likeness (QED) is 0.779. The molecule has 0 bridgehead atoms. The van der Waals surface area contributed by atoms with Crippen molar-refractivity contribution in [1.29, 1.82) is 5.26 Å². The molecule has 2 rings (SSSR count). The average molecular weight is 247 g/mol. The standard InChI is InChI=1S/C13H11ClN2O/c1-17-6-2-5-16-12(9-15)7-10-3-4-11(14)8-13(10)16/h2-4,6-8H,5H2,1H3. The summed E-state index contributed by atoms with van der Waals surface area (Å²) in [6, 6.07) is 9.62. The molecule has 1 aromatic heterocycles. The SMILES string of the molecule is COC=CCn1c(C#N)cc2ccc(Cl)cc21. The van der Waals surface area contributed by atoms with Crippen LogP contribution in [0.3, 0.4) is 0 Å². The molecule has 2 aromatic rings. The summed E-state index contributed by atoms with van der Waals surface area (Å²) in [7, 11) is 1.59. The fraction of sp³-hybridized carbons (Fsp3) is 0.154. The van der Waals surface area contributed by atoms with Crippen molar-refractivity contribution in [3.05, 3.63) is 47.3 Å². The second-order valence-corrected chi connectivity index (χ2v) is 4.00. The number of fused-ring (bicyclic) bond motifs is 1. The van der Waals surface area contributed by atoms with Gasteiger partial charge in [-0.2, -0.15) is 5.26 Å². The number of nitriles is 1. The second kappa shape index (κ2) is 4.94. The van der Waals surface area contributed by atoms with Gasteiger partial charge in [-0.3, -0.25) is 0 Å². The first kappa shape index (κ1) is 11.6. The van der Waals surface area contributed by atoms with Crippen molar-refractivity contribution in [1.82, 2.24) is 4.57 Å². The molecule has 0 spiro atoms. The predicted octanol–water partition coefficient (Wildman–Crippen LogP) is 3.33. The van der Waals surface area contributed by atoms with Crippen LogP contribution in [0.5, 0.6) is 0 Å². The van der Waals surface area contributed by atoms with E-state index < -0.39 is 0 Å². The smallest absolute Gasteiger partial charge is 0.121 e. The Kier molecular flexibility index (Phi) is 3.36. The molecule has 86 valence electrons. The Hall–Kier alpha value is -1.92. The van der Waals surface area contributed by atoms with Gasteiger partial charge in [0.2, 0.25) is 0 Å². The number of halogens is 1. The maximum absolute atomic E-state index is 9.09. The van der Waals surface area contributed by atoms with Crippen LogP contribution in [0.15, 0.2) is 36.6 Å². The van der Waals surface area contributed by atoms with E-state index in [9.17, 15) is 0 Å². The average Bonchev–Trinajstić information content (AvgIpc) is 2.67. The van der Waals surface area contributed by atoms with Crippen LogP contribution in [0.2, 0.25) is 5.02 Å². The lowest BCUT2D eigenvalue weighted by Gasteiger charge is -2.03. The van der Waals surface area contributed by atoms with Crippen LogP contribution >= 0.6 is 11.6 Å². The number of hydrogen-bond donors (Lipinski definition) is 0. The molecule has 0 atom stereocenters. The molecule has 1 aromatic carbocycles. The van der Waals surface area contributed by atoms with Gasteiger partial charge in [0, 0.05) is 17.0 Å². The first-order valence-electron chi connectivity index (χ1n) is 5.13. The summed E-state index contributed by atoms with van der Waals surface area (Å²) in [5.41, 5.74) is 1.57. The van der Waals surface area contributed by atoms with Crippen LogP contribution in [0.25, 0.3) is 10.9 Å². The summed E-state index contributed by atoms with van der Waals surface area (Å²) >= 11 is 5.97. The Morgan fingerprint density at radius 1 is 1.47 bits per heavy atom. The summed E-state index contributed by atoms with van der Waals surface area (Å²) in [6.07, 6.45) is 3.44. The van der Waals surface area contributed by atoms with Gasteiger partial charge in [0.05, 0.1) is 18.9 Å². The molecule has 0 aliphatic carbocycles. The minimum atomic E-state index is 0.584. The molecule has 0 radical (unpaired) electrons. The Balaban J connectivity index is 2.53. The number of allylic oxidation sites excluding steroid dienone is 1. The minimum absolute atomic E-state index is 0.584. The largest absolute Gasteiger partial charge is 0.505 e. The number of benzene rings is 1. The van der Waals surface area contributed by atoms with E-state index in [0.717, 1.165) is 10.9 Å². The molecule has 4 heteroatoms. The molecule has 1 heterocycles. The normalized spacial score (nSPS) is 10.9. The monoisotopic (exact) mass is 246 g/mol. The second-order valence-electron chi connectivity index (χ2n) is 3.56. The highest BCUT2D eigenvalue weighted by atomic mass is 35.5. The van der Waals surface area contributed by atoms with Gasteiger partial charge in [0.15, 0.2) is 0 Å². The number of hydrogen-bond acceptors (Lipinski definition) is 2. The lowest BCUT2D eigenvalue weighted by molar-refractivity contribution is 0.336. The van der Waals surface area contributed by atoms with Gasteiger partial charge in [-0.1, -0.05) is 17.7 Å². The topological polar surface area (TPSA) is 38.0 Å². The molecule has 17 heavy (non-hydrogen) atoms. The third kappa shape index (κ3) is 2.27. The van der Waals surface area contributed by atoms with Crippen LogP contribution in [-0.2, 0) is 11.3 Å². The Morgan fingerprint density at radius 2 is 2.29 bits per heavy atom. The molecule has 0 saturated heterocycles. The zero-order chi connectivity index (χ0) is 12.3. The maximum Gasteiger partial charge on any atom is 0.121 e. The number of nitrogens with zero attached hydrogens (tertiary/aromatic N) is 2. The zero-order valence-corrected chi connectivity index (χ0v) is 10.1. The van der Waals surface area contributed by atoms with Gasteiger partial charge >= 0.3 is 0 Å². The van der Waals surface area contributed by atoms with E-state index in [2.05, 4.69) is 6.07 Å². The Morgan fingerprint density at radius 3 is 3.00 bits per heavy atom. The Labute approximate surface area is 104 Å². The fourth-order valence-corrected chi connectivity index (χ4v) is 1.93. The summed E-state index contributed by atoms with van der Waals surface area (Å²) in [6.45, 7) is 0.584. The van der Waals surface area contributed by atoms with Crippen LogP contribution in [0.1, 0.15) is 5.69 Å². The van der Waals surface area contributed by atoms with Crippen LogP contribution < -0.4 is 0 Å². The molecule has 0 aliphatic heterocycles. The van der Waals surface area contributed by atoms with Gasteiger partial charge in [0.1, 0.15) is 11.8 Å². The fourth-order valence-electron chi connectivity index (χ4n) is 1.76. The molecule has 0 N–H and O–H groups in total. The zero-order valence-electron chi connectivity index (χ0n) is 9.35. The first-order chi connectivity index (χ1) is 8.26. The Bertz CT molecular complexity index is 608. The van der Waals surface area contributed by atoms with Gasteiger partial charge in [0.25, 0.3) is 0 Å². The van der Waals surface area contributed by atoms with Crippen molar-refractivity contribution in [3.8, 4) is 6.07 Å². The van der Waals surface area contributed by atoms with Crippen molar-refractivity contribution in [2.24, 2.45) is 0 Å². The molecule has 0 aliphatic rings. The van der Waals surface area contributed by atoms with Crippen molar-refractivity contribution in [2.45, 2.75) is 6.54 Å². The summed E-state index contributed by atoms with van der Waals surface area (Å²) in [5, 5.41) is 10.8. The van der Waals surface area contributed by atoms with Gasteiger partial charge in [-0.15, -0.1) is 0 Å². The van der Waals surface area contributed by atoms with E-state index >= 15 is 0 Å². The summed E-state index contributed by atoms with van der Waals surface area (Å²) in [5.74, 6) is 0. The van der Waals surface area contributed by atoms with Crippen LogP contribution in [0.4, 0.5) is 0 Å². The molecular weight excluding hydrogens is 236 g/mol. The molecule has 0 amide bonds. The van der Waals surface area contributed by atoms with Crippen LogP contribution in [-0.4, -0.2) is 11.7 Å². The van der Waals surface area contributed by atoms with E-state index in [1.807, 2.05) is 34.9 Å². The van der Waals surface area contributed by atoms with E-state index in [-0.39, 0.29) is 0 Å². The predicted molar refractivity (Wildman–Crippen MR) is 67.8 cm³/mol. The highest BCUT2D eigenvalue weighted by Gasteiger charge is 2.07. The molecule has 0 fully saturated rings. The third-order valence-corrected chi connectivity index (χ3v) is 2.74. The number of rotatable bonds is 3. The summed E-state index contributed by atoms with van der Waals surface area (Å²) < 4.78 is 6.75. The number of aromatic nitrogens is 1. The lowest BCUT2D eigenvalue weighted by Crippen LogP contribution is -1.97. The van der Waals surface area contributed by atoms with Crippen molar-refractivity contribution < 1.29 is 4.74 Å². The van der Waals surface area contributed by atoms with Crippen molar-refractivity contribution in [2.75, 3.05) is 7.11 Å². The van der Waals surface area contributed by atoms with Crippen molar-refractivity contribution in [3.63, 3.8) is 0 Å². The van der Waals surface area contributed by atoms with E-state index in [1.165, 1.54) is 0 Å². The number of methoxy groups -OCH3 is 1. The van der Waals surface area contributed by atoms with Crippen molar-refractivity contribution >= 4 is 22.5 Å². The highest BCUT2D eigenvalue weighted by molar-refractivity contribution is 6.31. The molecular formula is C13H11ClN2O. The highest BCUT2D eigenvalue weighted by Crippen LogP contribution is 2.23. The van der Waals surface area contributed by atoms with E-state index in [0.29, 0.717) is 17.3 Å². The molecule has 0 unspecified atom stereocenters. The minimum Gasteiger partial charge on any atom is -0.505 e. The molecule has 3 nitrogen and oxygen atoms in total. The lowest BCUT2D eigenvalue weighted by atomic mass is 10.2. The number of ether oxygens (including phenoxy) is 1. The van der Waals surface area contributed by atoms with Gasteiger partial charge in [-0.25, -0.2) is 0 Å². The first-order valence-corrected chi connectivity index (χ1v) is 5.50. The van der Waals surface area contributed by atoms with Gasteiger partial charge < -0.3 is 9.30 Å². The summed E-state index contributed by atoms with van der Waals surface area (Å²) in [4.78, 5) is 0. The van der Waals surface area contributed by atoms with E-state index in [4.69, 9.17) is 21.6 Å².